The SMILES string of the molecule is COc1ccc(NC(=O)/C=C/c2ccc(C#N)cc2)cc1OCCN(C(C)C)C(C)C. The van der Waals surface area contributed by atoms with Gasteiger partial charge in [-0.3, -0.25) is 9.69 Å². The van der Waals surface area contributed by atoms with Crippen LogP contribution in [0.1, 0.15) is 38.8 Å². The van der Waals surface area contributed by atoms with Gasteiger partial charge in [-0.05, 0) is 63.6 Å². The Balaban J connectivity index is 2.00. The molecule has 0 aliphatic rings. The van der Waals surface area contributed by atoms with Crippen LogP contribution in [0, 0.1) is 11.3 Å². The minimum absolute atomic E-state index is 0.258. The fourth-order valence-corrected chi connectivity index (χ4v) is 3.27. The molecule has 6 heteroatoms. The second-order valence-corrected chi connectivity index (χ2v) is 7.70. The first-order valence-electron chi connectivity index (χ1n) is 10.4. The van der Waals surface area contributed by atoms with E-state index >= 15 is 0 Å². The Labute approximate surface area is 185 Å². The number of rotatable bonds is 10. The van der Waals surface area contributed by atoms with E-state index in [0.717, 1.165) is 12.1 Å². The predicted molar refractivity (Wildman–Crippen MR) is 124 cm³/mol. The fraction of sp³-hybridized carbons (Fsp3) is 0.360. The van der Waals surface area contributed by atoms with Gasteiger partial charge in [0.15, 0.2) is 11.5 Å². The average Bonchev–Trinajstić information content (AvgIpc) is 2.75. The van der Waals surface area contributed by atoms with Crippen molar-refractivity contribution >= 4 is 17.7 Å². The third-order valence-electron chi connectivity index (χ3n) is 4.83. The highest BCUT2D eigenvalue weighted by Crippen LogP contribution is 2.30. The number of methoxy groups -OCH3 is 1. The Kier molecular flexibility index (Phi) is 9.11. The molecule has 2 aromatic rings. The Hall–Kier alpha value is -3.30. The van der Waals surface area contributed by atoms with Crippen molar-refractivity contribution in [1.29, 1.82) is 5.26 Å². The molecule has 1 N–H and O–H groups in total. The summed E-state index contributed by atoms with van der Waals surface area (Å²) in [4.78, 5) is 14.7. The van der Waals surface area contributed by atoms with Crippen LogP contribution in [0.2, 0.25) is 0 Å². The second kappa shape index (κ2) is 11.8. The average molecular weight is 422 g/mol. The van der Waals surface area contributed by atoms with Crippen LogP contribution in [0.4, 0.5) is 5.69 Å². The molecule has 0 unspecified atom stereocenters. The summed E-state index contributed by atoms with van der Waals surface area (Å²) in [7, 11) is 1.59. The molecule has 0 spiro atoms. The van der Waals surface area contributed by atoms with Gasteiger partial charge < -0.3 is 14.8 Å². The number of hydrogen-bond acceptors (Lipinski definition) is 5. The third-order valence-corrected chi connectivity index (χ3v) is 4.83. The van der Waals surface area contributed by atoms with Gasteiger partial charge in [-0.25, -0.2) is 0 Å². The van der Waals surface area contributed by atoms with Crippen LogP contribution in [0.3, 0.4) is 0 Å². The first-order valence-corrected chi connectivity index (χ1v) is 10.4. The van der Waals surface area contributed by atoms with Crippen molar-refractivity contribution < 1.29 is 14.3 Å². The van der Waals surface area contributed by atoms with E-state index in [0.29, 0.717) is 41.4 Å². The van der Waals surface area contributed by atoms with E-state index in [2.05, 4.69) is 44.0 Å². The lowest BCUT2D eigenvalue weighted by Crippen LogP contribution is -2.39. The molecule has 0 radical (unpaired) electrons. The topological polar surface area (TPSA) is 74.6 Å². The van der Waals surface area contributed by atoms with Crippen LogP contribution in [-0.2, 0) is 4.79 Å². The van der Waals surface area contributed by atoms with E-state index in [-0.39, 0.29) is 5.91 Å². The first kappa shape index (κ1) is 24.0. The van der Waals surface area contributed by atoms with Crippen LogP contribution in [-0.4, -0.2) is 43.2 Å². The Morgan fingerprint density at radius 2 is 1.77 bits per heavy atom. The highest BCUT2D eigenvalue weighted by molar-refractivity contribution is 6.02. The van der Waals surface area contributed by atoms with E-state index in [1.165, 1.54) is 6.08 Å². The number of amides is 1. The zero-order chi connectivity index (χ0) is 22.8. The highest BCUT2D eigenvalue weighted by Gasteiger charge is 2.14. The number of nitriles is 1. The molecule has 164 valence electrons. The summed E-state index contributed by atoms with van der Waals surface area (Å²) in [6.07, 6.45) is 3.15. The van der Waals surface area contributed by atoms with Crippen molar-refractivity contribution in [3.63, 3.8) is 0 Å². The summed E-state index contributed by atoms with van der Waals surface area (Å²) >= 11 is 0. The number of carbonyl (C=O) groups is 1. The summed E-state index contributed by atoms with van der Waals surface area (Å²) in [5, 5.41) is 11.7. The van der Waals surface area contributed by atoms with Crippen LogP contribution in [0.15, 0.2) is 48.5 Å². The van der Waals surface area contributed by atoms with Gasteiger partial charge in [0, 0.05) is 36.5 Å². The Morgan fingerprint density at radius 1 is 1.10 bits per heavy atom. The zero-order valence-corrected chi connectivity index (χ0v) is 18.9. The quantitative estimate of drug-likeness (QED) is 0.562. The Bertz CT molecular complexity index is 920. The van der Waals surface area contributed by atoms with E-state index in [1.807, 2.05) is 0 Å². The van der Waals surface area contributed by atoms with Crippen molar-refractivity contribution in [3.8, 4) is 17.6 Å². The van der Waals surface area contributed by atoms with Crippen molar-refractivity contribution in [2.24, 2.45) is 0 Å². The maximum absolute atomic E-state index is 12.3. The number of benzene rings is 2. The minimum Gasteiger partial charge on any atom is -0.493 e. The van der Waals surface area contributed by atoms with Gasteiger partial charge in [0.25, 0.3) is 0 Å². The molecule has 0 bridgehead atoms. The van der Waals surface area contributed by atoms with Crippen LogP contribution in [0.5, 0.6) is 11.5 Å². The molecule has 0 saturated heterocycles. The molecule has 2 rings (SSSR count). The van der Waals surface area contributed by atoms with Gasteiger partial charge in [-0.2, -0.15) is 5.26 Å². The lowest BCUT2D eigenvalue weighted by atomic mass is 10.1. The minimum atomic E-state index is -0.258. The normalized spacial score (nSPS) is 11.2. The van der Waals surface area contributed by atoms with Crippen molar-refractivity contribution in [1.82, 2.24) is 4.90 Å². The van der Waals surface area contributed by atoms with E-state index in [1.54, 1.807) is 55.7 Å². The highest BCUT2D eigenvalue weighted by atomic mass is 16.5. The lowest BCUT2D eigenvalue weighted by Gasteiger charge is -2.30. The maximum atomic E-state index is 12.3. The van der Waals surface area contributed by atoms with Gasteiger partial charge in [-0.15, -0.1) is 0 Å². The molecule has 0 aromatic heterocycles. The second-order valence-electron chi connectivity index (χ2n) is 7.70. The van der Waals surface area contributed by atoms with Gasteiger partial charge in [0.05, 0.1) is 18.7 Å². The van der Waals surface area contributed by atoms with Crippen LogP contribution >= 0.6 is 0 Å². The molecule has 0 heterocycles. The molecule has 31 heavy (non-hydrogen) atoms. The summed E-state index contributed by atoms with van der Waals surface area (Å²) < 4.78 is 11.4. The smallest absolute Gasteiger partial charge is 0.248 e. The van der Waals surface area contributed by atoms with Gasteiger partial charge in [-0.1, -0.05) is 12.1 Å². The van der Waals surface area contributed by atoms with Crippen molar-refractivity contribution in [2.45, 2.75) is 39.8 Å². The first-order chi connectivity index (χ1) is 14.8. The maximum Gasteiger partial charge on any atom is 0.248 e. The molecule has 0 fully saturated rings. The molecule has 1 amide bonds. The number of hydrogen-bond donors (Lipinski definition) is 1. The molecule has 0 atom stereocenters. The van der Waals surface area contributed by atoms with E-state index < -0.39 is 0 Å². The van der Waals surface area contributed by atoms with Gasteiger partial charge in [0.1, 0.15) is 6.61 Å². The summed E-state index contributed by atoms with van der Waals surface area (Å²) in [6.45, 7) is 9.99. The number of nitrogens with zero attached hydrogens (tertiary/aromatic N) is 2. The van der Waals surface area contributed by atoms with Gasteiger partial charge in [0.2, 0.25) is 5.91 Å². The van der Waals surface area contributed by atoms with Crippen LogP contribution in [0.25, 0.3) is 6.08 Å². The Morgan fingerprint density at radius 3 is 2.35 bits per heavy atom. The summed E-state index contributed by atoms with van der Waals surface area (Å²) in [5.41, 5.74) is 2.04. The molecular formula is C25H31N3O3. The number of anilines is 1. The van der Waals surface area contributed by atoms with E-state index in [4.69, 9.17) is 14.7 Å². The molecule has 0 saturated carbocycles. The molecule has 6 nitrogen and oxygen atoms in total. The lowest BCUT2D eigenvalue weighted by molar-refractivity contribution is -0.111. The summed E-state index contributed by atoms with van der Waals surface area (Å²) in [5.74, 6) is 0.946. The van der Waals surface area contributed by atoms with Crippen molar-refractivity contribution in [3.05, 3.63) is 59.7 Å². The standard InChI is InChI=1S/C25H31N3O3/c1-18(2)28(19(3)4)14-15-31-24-16-22(11-12-23(24)30-5)27-25(29)13-10-20-6-8-21(17-26)9-7-20/h6-13,16,18-19H,14-15H2,1-5H3,(H,27,29)/b13-10+. The largest absolute Gasteiger partial charge is 0.493 e. The fourth-order valence-electron chi connectivity index (χ4n) is 3.27. The van der Waals surface area contributed by atoms with Crippen LogP contribution < -0.4 is 14.8 Å². The predicted octanol–water partition coefficient (Wildman–Crippen LogP) is 4.72. The molecular weight excluding hydrogens is 390 g/mol. The molecule has 0 aliphatic carbocycles. The third kappa shape index (κ3) is 7.47. The monoisotopic (exact) mass is 421 g/mol. The molecule has 2 aromatic carbocycles. The molecule has 0 aliphatic heterocycles. The van der Waals surface area contributed by atoms with Crippen molar-refractivity contribution in [2.75, 3.05) is 25.6 Å². The summed E-state index contributed by atoms with van der Waals surface area (Å²) in [6, 6.07) is 15.2. The van der Waals surface area contributed by atoms with E-state index in [9.17, 15) is 4.79 Å². The number of nitrogens with one attached hydrogen (secondary N) is 1. The number of ether oxygens (including phenoxy) is 2. The van der Waals surface area contributed by atoms with Gasteiger partial charge >= 0.3 is 0 Å². The zero-order valence-electron chi connectivity index (χ0n) is 18.9. The number of carbonyl (C=O) groups excluding carboxylic acids is 1.